The third-order valence-electron chi connectivity index (χ3n) is 4.67. The first-order valence-electron chi connectivity index (χ1n) is 8.25. The van der Waals surface area contributed by atoms with Crippen LogP contribution in [-0.2, 0) is 4.79 Å². The summed E-state index contributed by atoms with van der Waals surface area (Å²) in [6, 6.07) is 1.38. The van der Waals surface area contributed by atoms with Crippen LogP contribution < -0.4 is 5.32 Å². The van der Waals surface area contributed by atoms with Crippen molar-refractivity contribution >= 4 is 5.97 Å². The molecule has 0 heterocycles. The second kappa shape index (κ2) is 6.44. The normalized spacial score (nSPS) is 30.9. The average molecular weight is 282 g/mol. The maximum atomic E-state index is 11.8. The Balaban J connectivity index is 2.09. The van der Waals surface area contributed by atoms with E-state index in [4.69, 9.17) is 0 Å². The minimum atomic E-state index is -0.710. The Hall–Kier alpha value is -0.610. The molecule has 4 heteroatoms. The van der Waals surface area contributed by atoms with E-state index in [9.17, 15) is 9.90 Å². The van der Waals surface area contributed by atoms with Gasteiger partial charge in [0, 0.05) is 18.1 Å². The number of carbonyl (C=O) groups is 1. The summed E-state index contributed by atoms with van der Waals surface area (Å²) in [4.78, 5) is 14.4. The number of carboxylic acids is 1. The Morgan fingerprint density at radius 1 is 1.35 bits per heavy atom. The summed E-state index contributed by atoms with van der Waals surface area (Å²) in [5.41, 5.74) is -0.710. The van der Waals surface area contributed by atoms with Gasteiger partial charge in [-0.15, -0.1) is 0 Å². The second-order valence-electron chi connectivity index (χ2n) is 6.91. The fraction of sp³-hybridized carbons (Fsp3) is 0.938. The minimum Gasteiger partial charge on any atom is -0.480 e. The predicted molar refractivity (Wildman–Crippen MR) is 80.9 cm³/mol. The molecule has 116 valence electrons. The lowest BCUT2D eigenvalue weighted by Crippen LogP contribution is -2.60. The van der Waals surface area contributed by atoms with Gasteiger partial charge >= 0.3 is 5.97 Å². The number of rotatable bonds is 7. The van der Waals surface area contributed by atoms with E-state index in [1.807, 2.05) is 13.8 Å². The monoisotopic (exact) mass is 282 g/mol. The summed E-state index contributed by atoms with van der Waals surface area (Å²) in [6.07, 6.45) is 7.46. The van der Waals surface area contributed by atoms with Gasteiger partial charge in [-0.25, -0.2) is 0 Å². The Kier molecular flexibility index (Phi) is 5.08. The van der Waals surface area contributed by atoms with Gasteiger partial charge in [-0.3, -0.25) is 15.0 Å². The highest BCUT2D eigenvalue weighted by Crippen LogP contribution is 2.37. The molecule has 0 spiro atoms. The molecular formula is C16H30N2O2. The Morgan fingerprint density at radius 2 is 2.05 bits per heavy atom. The summed E-state index contributed by atoms with van der Waals surface area (Å²) < 4.78 is 0. The maximum absolute atomic E-state index is 11.8. The van der Waals surface area contributed by atoms with Crippen molar-refractivity contribution in [1.82, 2.24) is 10.2 Å². The number of carboxylic acid groups (broad SMARTS) is 1. The molecule has 20 heavy (non-hydrogen) atoms. The van der Waals surface area contributed by atoms with E-state index < -0.39 is 11.5 Å². The van der Waals surface area contributed by atoms with Crippen LogP contribution in [0, 0.1) is 0 Å². The molecule has 2 fully saturated rings. The highest BCUT2D eigenvalue weighted by molar-refractivity contribution is 5.79. The fourth-order valence-electron chi connectivity index (χ4n) is 3.80. The zero-order valence-electron chi connectivity index (χ0n) is 13.2. The van der Waals surface area contributed by atoms with Gasteiger partial charge in [-0.05, 0) is 65.3 Å². The van der Waals surface area contributed by atoms with Gasteiger partial charge < -0.3 is 5.11 Å². The van der Waals surface area contributed by atoms with Crippen LogP contribution in [-0.4, -0.2) is 46.2 Å². The van der Waals surface area contributed by atoms with Gasteiger partial charge in [0.2, 0.25) is 0 Å². The van der Waals surface area contributed by atoms with Crippen molar-refractivity contribution in [2.45, 2.75) is 89.4 Å². The average Bonchev–Trinajstić information content (AvgIpc) is 3.19. The van der Waals surface area contributed by atoms with E-state index in [1.54, 1.807) is 0 Å². The summed E-state index contributed by atoms with van der Waals surface area (Å²) >= 11 is 0. The van der Waals surface area contributed by atoms with Gasteiger partial charge in [0.15, 0.2) is 0 Å². The lowest BCUT2D eigenvalue weighted by molar-refractivity contribution is -0.148. The Bertz CT molecular complexity index is 341. The van der Waals surface area contributed by atoms with Crippen molar-refractivity contribution < 1.29 is 9.90 Å². The lowest BCUT2D eigenvalue weighted by Gasteiger charge is -2.44. The van der Waals surface area contributed by atoms with E-state index >= 15 is 0 Å². The predicted octanol–water partition coefficient (Wildman–Crippen LogP) is 2.62. The molecule has 0 radical (unpaired) electrons. The quantitative estimate of drug-likeness (QED) is 0.753. The van der Waals surface area contributed by atoms with Crippen LogP contribution in [0.3, 0.4) is 0 Å². The highest BCUT2D eigenvalue weighted by atomic mass is 16.4. The standard InChI is InChI=1S/C16H30N2O2/c1-4-10-18(13-7-8-13)14-6-5-9-16(11-14,15(19)20)17-12(2)3/h12-14,17H,4-11H2,1-3H3,(H,19,20). The van der Waals surface area contributed by atoms with Crippen molar-refractivity contribution in [3.8, 4) is 0 Å². The molecule has 0 bridgehead atoms. The van der Waals surface area contributed by atoms with Crippen LogP contribution >= 0.6 is 0 Å². The van der Waals surface area contributed by atoms with Crippen molar-refractivity contribution in [1.29, 1.82) is 0 Å². The van der Waals surface area contributed by atoms with E-state index in [2.05, 4.69) is 17.1 Å². The van der Waals surface area contributed by atoms with Crippen LogP contribution in [0.5, 0.6) is 0 Å². The van der Waals surface area contributed by atoms with E-state index in [0.717, 1.165) is 44.7 Å². The first-order valence-corrected chi connectivity index (χ1v) is 8.25. The van der Waals surface area contributed by atoms with Crippen molar-refractivity contribution in [3.05, 3.63) is 0 Å². The second-order valence-corrected chi connectivity index (χ2v) is 6.91. The molecule has 0 saturated heterocycles. The highest BCUT2D eigenvalue weighted by Gasteiger charge is 2.46. The summed E-state index contributed by atoms with van der Waals surface area (Å²) in [7, 11) is 0. The first-order chi connectivity index (χ1) is 9.48. The molecule has 4 nitrogen and oxygen atoms in total. The fourth-order valence-corrected chi connectivity index (χ4v) is 3.80. The van der Waals surface area contributed by atoms with E-state index in [1.165, 1.54) is 12.8 Å². The first kappa shape index (κ1) is 15.8. The van der Waals surface area contributed by atoms with Gasteiger partial charge in [0.05, 0.1) is 0 Å². The molecule has 2 N–H and O–H groups in total. The Morgan fingerprint density at radius 3 is 2.55 bits per heavy atom. The molecule has 0 amide bonds. The molecule has 0 aliphatic heterocycles. The van der Waals surface area contributed by atoms with Crippen LogP contribution in [0.25, 0.3) is 0 Å². The lowest BCUT2D eigenvalue weighted by atomic mass is 9.77. The summed E-state index contributed by atoms with van der Waals surface area (Å²) in [5, 5.41) is 13.1. The molecule has 2 unspecified atom stereocenters. The van der Waals surface area contributed by atoms with Gasteiger partial charge in [-0.2, -0.15) is 0 Å². The molecule has 2 rings (SSSR count). The zero-order chi connectivity index (χ0) is 14.8. The van der Waals surface area contributed by atoms with Crippen molar-refractivity contribution in [2.75, 3.05) is 6.54 Å². The van der Waals surface area contributed by atoms with Crippen LogP contribution in [0.15, 0.2) is 0 Å². The van der Waals surface area contributed by atoms with Crippen molar-refractivity contribution in [2.24, 2.45) is 0 Å². The smallest absolute Gasteiger partial charge is 0.323 e. The molecule has 2 aliphatic carbocycles. The number of nitrogens with zero attached hydrogens (tertiary/aromatic N) is 1. The molecule has 2 atom stereocenters. The van der Waals surface area contributed by atoms with Crippen LogP contribution in [0.4, 0.5) is 0 Å². The third kappa shape index (κ3) is 3.53. The molecular weight excluding hydrogens is 252 g/mol. The van der Waals surface area contributed by atoms with Gasteiger partial charge in [-0.1, -0.05) is 6.92 Å². The SMILES string of the molecule is CCCN(C1CC1)C1CCCC(NC(C)C)(C(=O)O)C1. The summed E-state index contributed by atoms with van der Waals surface area (Å²) in [6.45, 7) is 7.42. The molecule has 2 aliphatic rings. The molecule has 0 aromatic rings. The third-order valence-corrected chi connectivity index (χ3v) is 4.67. The topological polar surface area (TPSA) is 52.6 Å². The Labute approximate surface area is 122 Å². The van der Waals surface area contributed by atoms with Gasteiger partial charge in [0.25, 0.3) is 0 Å². The van der Waals surface area contributed by atoms with Gasteiger partial charge in [0.1, 0.15) is 5.54 Å². The molecule has 0 aromatic heterocycles. The number of nitrogens with one attached hydrogen (secondary N) is 1. The van der Waals surface area contributed by atoms with Crippen LogP contribution in [0.1, 0.15) is 65.7 Å². The molecule has 0 aromatic carbocycles. The van der Waals surface area contributed by atoms with E-state index in [-0.39, 0.29) is 6.04 Å². The largest absolute Gasteiger partial charge is 0.480 e. The van der Waals surface area contributed by atoms with E-state index in [0.29, 0.717) is 6.04 Å². The maximum Gasteiger partial charge on any atom is 0.323 e. The minimum absolute atomic E-state index is 0.213. The summed E-state index contributed by atoms with van der Waals surface area (Å²) in [5.74, 6) is -0.664. The van der Waals surface area contributed by atoms with Crippen molar-refractivity contribution in [3.63, 3.8) is 0 Å². The number of hydrogen-bond donors (Lipinski definition) is 2. The van der Waals surface area contributed by atoms with Crippen LogP contribution in [0.2, 0.25) is 0 Å². The number of hydrogen-bond acceptors (Lipinski definition) is 3. The zero-order valence-corrected chi connectivity index (χ0v) is 13.2. The molecule has 2 saturated carbocycles. The number of aliphatic carboxylic acids is 1.